The second-order valence-corrected chi connectivity index (χ2v) is 3.29. The fourth-order valence-corrected chi connectivity index (χ4v) is 1.44. The Labute approximate surface area is 65.9 Å². The third kappa shape index (κ3) is 1.71. The maximum absolute atomic E-state index is 12.0. The van der Waals surface area contributed by atoms with Gasteiger partial charge in [-0.1, -0.05) is 0 Å². The quantitative estimate of drug-likeness (QED) is 0.598. The average molecular weight is 180 g/mol. The van der Waals surface area contributed by atoms with Gasteiger partial charge >= 0.3 is 6.18 Å². The molecular formula is C6H5F3NS. The van der Waals surface area contributed by atoms with E-state index in [9.17, 15) is 13.2 Å². The van der Waals surface area contributed by atoms with Crippen LogP contribution in [0.25, 0.3) is 0 Å². The molecule has 0 amide bonds. The number of thiazole rings is 1. The minimum atomic E-state index is -4.36. The van der Waals surface area contributed by atoms with Crippen LogP contribution in [-0.2, 0) is 6.18 Å². The highest BCUT2D eigenvalue weighted by Crippen LogP contribution is 2.33. The zero-order chi connectivity index (χ0) is 8.65. The van der Waals surface area contributed by atoms with Crippen LogP contribution in [0.15, 0.2) is 0 Å². The lowest BCUT2D eigenvalue weighted by Crippen LogP contribution is -2.06. The smallest absolute Gasteiger partial charge is 0.237 e. The van der Waals surface area contributed by atoms with Gasteiger partial charge in [-0.05, 0) is 13.8 Å². The number of hydrogen-bond donors (Lipinski definition) is 0. The lowest BCUT2D eigenvalue weighted by Gasteiger charge is -2.01. The van der Waals surface area contributed by atoms with Crippen LogP contribution in [0.5, 0.6) is 0 Å². The van der Waals surface area contributed by atoms with E-state index in [1.165, 1.54) is 6.92 Å². The Kier molecular flexibility index (Phi) is 1.92. The maximum atomic E-state index is 12.0. The van der Waals surface area contributed by atoms with E-state index in [0.717, 1.165) is 11.3 Å². The minimum Gasteiger partial charge on any atom is -0.237 e. The van der Waals surface area contributed by atoms with Gasteiger partial charge in [-0.2, -0.15) is 13.2 Å². The van der Waals surface area contributed by atoms with Crippen LogP contribution >= 0.6 is 11.3 Å². The standard InChI is InChI=1S/C6H5F3NS/c1-3-5(6(7,8)9)10-4(2)11-3/h1H2,2H3. The normalized spacial score (nSPS) is 12.1. The molecule has 1 radical (unpaired) electrons. The zero-order valence-corrected chi connectivity index (χ0v) is 6.51. The Morgan fingerprint density at radius 1 is 1.45 bits per heavy atom. The predicted octanol–water partition coefficient (Wildman–Crippen LogP) is 2.65. The second kappa shape index (κ2) is 2.48. The summed E-state index contributed by atoms with van der Waals surface area (Å²) in [4.78, 5) is 3.29. The van der Waals surface area contributed by atoms with E-state index in [1.54, 1.807) is 0 Å². The van der Waals surface area contributed by atoms with Gasteiger partial charge in [0.05, 0.1) is 5.01 Å². The fourth-order valence-electron chi connectivity index (χ4n) is 0.691. The van der Waals surface area contributed by atoms with Crippen molar-refractivity contribution in [3.05, 3.63) is 22.5 Å². The number of aryl methyl sites for hydroxylation is 1. The summed E-state index contributed by atoms with van der Waals surface area (Å²) < 4.78 is 35.9. The van der Waals surface area contributed by atoms with Crippen LogP contribution in [0.2, 0.25) is 0 Å². The van der Waals surface area contributed by atoms with E-state index in [2.05, 4.69) is 11.9 Å². The molecule has 0 bridgehead atoms. The Hall–Kier alpha value is -0.580. The molecule has 0 fully saturated rings. The molecule has 1 aromatic heterocycles. The molecule has 0 aromatic carbocycles. The summed E-state index contributed by atoms with van der Waals surface area (Å²) in [6, 6.07) is 0. The molecule has 0 saturated carbocycles. The number of rotatable bonds is 0. The number of halogens is 3. The highest BCUT2D eigenvalue weighted by Gasteiger charge is 2.35. The third-order valence-corrected chi connectivity index (χ3v) is 1.90. The van der Waals surface area contributed by atoms with Crippen molar-refractivity contribution < 1.29 is 13.2 Å². The van der Waals surface area contributed by atoms with Gasteiger partial charge in [0.2, 0.25) is 0 Å². The Bertz CT molecular complexity index is 263. The van der Waals surface area contributed by atoms with Crippen LogP contribution in [0.1, 0.15) is 15.6 Å². The highest BCUT2D eigenvalue weighted by molar-refractivity contribution is 7.11. The van der Waals surface area contributed by atoms with Crippen LogP contribution < -0.4 is 0 Å². The Balaban J connectivity index is 3.13. The van der Waals surface area contributed by atoms with Crippen LogP contribution in [0.3, 0.4) is 0 Å². The van der Waals surface area contributed by atoms with Gasteiger partial charge in [-0.15, -0.1) is 11.3 Å². The monoisotopic (exact) mass is 180 g/mol. The molecule has 0 aliphatic heterocycles. The highest BCUT2D eigenvalue weighted by atomic mass is 32.1. The van der Waals surface area contributed by atoms with Crippen LogP contribution in [-0.4, -0.2) is 4.98 Å². The van der Waals surface area contributed by atoms with Crippen molar-refractivity contribution in [2.24, 2.45) is 0 Å². The zero-order valence-electron chi connectivity index (χ0n) is 5.70. The minimum absolute atomic E-state index is 0.0185. The predicted molar refractivity (Wildman–Crippen MR) is 36.3 cm³/mol. The topological polar surface area (TPSA) is 12.9 Å². The molecule has 0 saturated heterocycles. The molecule has 0 N–H and O–H groups in total. The maximum Gasteiger partial charge on any atom is 0.434 e. The summed E-state index contributed by atoms with van der Waals surface area (Å²) in [5, 5.41) is 0.391. The summed E-state index contributed by atoms with van der Waals surface area (Å²) in [7, 11) is 0. The van der Waals surface area contributed by atoms with Crippen molar-refractivity contribution in [2.45, 2.75) is 13.1 Å². The molecule has 1 aromatic rings. The molecule has 5 heteroatoms. The van der Waals surface area contributed by atoms with E-state index in [0.29, 0.717) is 5.01 Å². The Morgan fingerprint density at radius 2 is 2.00 bits per heavy atom. The van der Waals surface area contributed by atoms with E-state index in [4.69, 9.17) is 0 Å². The first-order chi connectivity index (χ1) is 4.91. The van der Waals surface area contributed by atoms with Crippen molar-refractivity contribution in [1.29, 1.82) is 0 Å². The second-order valence-electron chi connectivity index (χ2n) is 2.00. The van der Waals surface area contributed by atoms with Gasteiger partial charge in [0.1, 0.15) is 0 Å². The summed E-state index contributed by atoms with van der Waals surface area (Å²) in [6.07, 6.45) is -4.36. The molecule has 11 heavy (non-hydrogen) atoms. The summed E-state index contributed by atoms with van der Waals surface area (Å²) in [5.74, 6) is 0. The molecule has 1 rings (SSSR count). The van der Waals surface area contributed by atoms with Crippen molar-refractivity contribution in [2.75, 3.05) is 0 Å². The van der Waals surface area contributed by atoms with Crippen LogP contribution in [0.4, 0.5) is 13.2 Å². The van der Waals surface area contributed by atoms with Crippen molar-refractivity contribution in [3.8, 4) is 0 Å². The molecule has 0 atom stereocenters. The van der Waals surface area contributed by atoms with E-state index in [-0.39, 0.29) is 4.88 Å². The fraction of sp³-hybridized carbons (Fsp3) is 0.333. The largest absolute Gasteiger partial charge is 0.434 e. The molecule has 0 aliphatic rings. The van der Waals surface area contributed by atoms with Crippen LogP contribution in [0, 0.1) is 13.8 Å². The first-order valence-corrected chi connectivity index (χ1v) is 3.59. The molecule has 0 aliphatic carbocycles. The van der Waals surface area contributed by atoms with Gasteiger partial charge in [-0.25, -0.2) is 4.98 Å². The average Bonchev–Trinajstić information content (AvgIpc) is 2.08. The van der Waals surface area contributed by atoms with E-state index < -0.39 is 11.9 Å². The van der Waals surface area contributed by atoms with Crippen molar-refractivity contribution in [1.82, 2.24) is 4.98 Å². The lowest BCUT2D eigenvalue weighted by atomic mass is 10.4. The molecule has 0 spiro atoms. The summed E-state index contributed by atoms with van der Waals surface area (Å²) in [5.41, 5.74) is -0.861. The molecule has 1 heterocycles. The van der Waals surface area contributed by atoms with Gasteiger partial charge in [0.25, 0.3) is 0 Å². The van der Waals surface area contributed by atoms with Crippen molar-refractivity contribution >= 4 is 11.3 Å². The molecular weight excluding hydrogens is 175 g/mol. The first-order valence-electron chi connectivity index (χ1n) is 2.78. The summed E-state index contributed by atoms with van der Waals surface area (Å²) >= 11 is 0.954. The van der Waals surface area contributed by atoms with Crippen molar-refractivity contribution in [3.63, 3.8) is 0 Å². The lowest BCUT2D eigenvalue weighted by molar-refractivity contribution is -0.141. The molecule has 61 valence electrons. The third-order valence-electron chi connectivity index (χ3n) is 1.07. The van der Waals surface area contributed by atoms with Gasteiger partial charge in [0.15, 0.2) is 5.69 Å². The van der Waals surface area contributed by atoms with Gasteiger partial charge < -0.3 is 0 Å². The summed E-state index contributed by atoms with van der Waals surface area (Å²) in [6.45, 7) is 4.77. The number of aromatic nitrogens is 1. The van der Waals surface area contributed by atoms with Gasteiger partial charge in [0, 0.05) is 4.88 Å². The number of alkyl halides is 3. The molecule has 1 nitrogen and oxygen atoms in total. The molecule has 0 unspecified atom stereocenters. The van der Waals surface area contributed by atoms with Gasteiger partial charge in [-0.3, -0.25) is 0 Å². The van der Waals surface area contributed by atoms with E-state index in [1.807, 2.05) is 0 Å². The number of nitrogens with zero attached hydrogens (tertiary/aromatic N) is 1. The van der Waals surface area contributed by atoms with E-state index >= 15 is 0 Å². The Morgan fingerprint density at radius 3 is 2.18 bits per heavy atom. The SMILES string of the molecule is [CH2]c1sc(C)nc1C(F)(F)F. The first kappa shape index (κ1) is 8.52. The number of hydrogen-bond acceptors (Lipinski definition) is 2.